The van der Waals surface area contributed by atoms with Crippen LogP contribution in [0.25, 0.3) is 0 Å². The van der Waals surface area contributed by atoms with Crippen LogP contribution in [0.1, 0.15) is 15.9 Å². The van der Waals surface area contributed by atoms with Gasteiger partial charge in [0.15, 0.2) is 0 Å². The molecule has 1 aliphatic rings. The first-order valence-corrected chi connectivity index (χ1v) is 19.1. The normalized spacial score (nSPS) is 17.8. The van der Waals surface area contributed by atoms with Crippen LogP contribution >= 0.6 is 0 Å². The Hall–Kier alpha value is 0.914. The molecule has 15 heteroatoms. The monoisotopic (exact) mass is 954 g/mol. The Balaban J connectivity index is 2.19. The molecule has 0 aromatic heterocycles. The molecular formula is C22H32Gd3N4O8. The maximum atomic E-state index is 11.4. The number of rotatable bonds is 12. The van der Waals surface area contributed by atoms with Gasteiger partial charge in [-0.2, -0.15) is 0 Å². The molecule has 12 nitrogen and oxygen atoms in total. The third kappa shape index (κ3) is 15.5. The molecule has 2 rings (SSSR count). The van der Waals surface area contributed by atoms with E-state index in [-0.39, 0.29) is 12.2 Å². The summed E-state index contributed by atoms with van der Waals surface area (Å²) < 4.78 is 7.14. The van der Waals surface area contributed by atoms with E-state index in [1.807, 2.05) is 6.07 Å². The van der Waals surface area contributed by atoms with E-state index in [9.17, 15) is 39.6 Å². The average Bonchev–Trinajstić information content (AvgIpc) is 2.83. The summed E-state index contributed by atoms with van der Waals surface area (Å²) in [6, 6.07) is 6.84. The summed E-state index contributed by atoms with van der Waals surface area (Å²) in [5.41, 5.74) is 1.10. The molecule has 0 unspecified atom stereocenters. The number of aromatic carboxylic acids is 1. The molecule has 4 N–H and O–H groups in total. The van der Waals surface area contributed by atoms with Crippen LogP contribution in [-0.2, 0) is 20.9 Å². The van der Waals surface area contributed by atoms with Crippen molar-refractivity contribution in [3.63, 3.8) is 0 Å². The third-order valence-corrected chi connectivity index (χ3v) is 14.2. The molecule has 0 saturated carbocycles. The molecule has 1 fully saturated rings. The van der Waals surface area contributed by atoms with Crippen molar-refractivity contribution in [2.24, 2.45) is 0 Å². The number of carboxylic acids is 4. The predicted octanol–water partition coefficient (Wildman–Crippen LogP) is 0.615. The van der Waals surface area contributed by atoms with E-state index >= 15 is 0 Å². The zero-order valence-corrected chi connectivity index (χ0v) is 26.9. The topological polar surface area (TPSA) is 162 Å². The number of hydrogen-bond donors (Lipinski definition) is 4. The van der Waals surface area contributed by atoms with Crippen molar-refractivity contribution < 1.29 is 148 Å². The van der Waals surface area contributed by atoms with Crippen LogP contribution in [0.15, 0.2) is 24.3 Å². The van der Waals surface area contributed by atoms with Crippen molar-refractivity contribution in [3.05, 3.63) is 35.4 Å². The van der Waals surface area contributed by atoms with Gasteiger partial charge in [-0.05, 0) is 0 Å². The van der Waals surface area contributed by atoms with Gasteiger partial charge in [-0.3, -0.25) is 0 Å². The summed E-state index contributed by atoms with van der Waals surface area (Å²) in [6.07, 6.45) is 0. The number of hydrogen-bond acceptors (Lipinski definition) is 8. The van der Waals surface area contributed by atoms with E-state index in [1.54, 1.807) is 18.2 Å². The van der Waals surface area contributed by atoms with Crippen LogP contribution in [0.4, 0.5) is 0 Å². The maximum absolute atomic E-state index is 11.4. The van der Waals surface area contributed by atoms with Crippen molar-refractivity contribution in [2.45, 2.75) is 13.1 Å². The Morgan fingerprint density at radius 1 is 0.649 bits per heavy atom. The van der Waals surface area contributed by atoms with E-state index in [4.69, 9.17) is 0 Å². The third-order valence-electron chi connectivity index (χ3n) is 5.00. The van der Waals surface area contributed by atoms with Crippen LogP contribution in [-0.4, -0.2) is 105 Å². The van der Waals surface area contributed by atoms with Crippen LogP contribution in [0.2, 0.25) is 6.60 Å². The van der Waals surface area contributed by atoms with Gasteiger partial charge in [0.2, 0.25) is 0 Å². The van der Waals surface area contributed by atoms with Gasteiger partial charge in [0, 0.05) is 0 Å². The summed E-state index contributed by atoms with van der Waals surface area (Å²) in [6.45, 7) is 5.97. The average molecular weight is 952 g/mol. The molecule has 1 heterocycles. The Morgan fingerprint density at radius 2 is 1.05 bits per heavy atom. The number of carbonyl (C=O) groups is 4. The van der Waals surface area contributed by atoms with Gasteiger partial charge >= 0.3 is 281 Å². The van der Waals surface area contributed by atoms with Gasteiger partial charge in [-0.25, -0.2) is 0 Å². The van der Waals surface area contributed by atoms with Crippen molar-refractivity contribution in [1.29, 1.82) is 0 Å². The number of nitrogens with zero attached hydrogens (tertiary/aromatic N) is 4. The van der Waals surface area contributed by atoms with Crippen molar-refractivity contribution in [2.75, 3.05) is 52.4 Å². The predicted molar refractivity (Wildman–Crippen MR) is 121 cm³/mol. The van der Waals surface area contributed by atoms with Gasteiger partial charge in [0.1, 0.15) is 0 Å². The molecule has 0 bridgehead atoms. The number of benzene rings is 1. The van der Waals surface area contributed by atoms with Gasteiger partial charge in [-0.1, -0.05) is 0 Å². The van der Waals surface area contributed by atoms with E-state index in [2.05, 4.69) is 8.20 Å². The Labute approximate surface area is 276 Å². The first-order chi connectivity index (χ1) is 17.6. The quantitative estimate of drug-likeness (QED) is 0.232. The summed E-state index contributed by atoms with van der Waals surface area (Å²) in [5, 5.41) is 37.0. The molecule has 1 aromatic carbocycles. The SMILES string of the molecule is O=C(O)[CH2][Gd][N]1CCN(Cc2cccc(C(=O)O)c2)CC[N]([Gd][CH2]C(=O)O)CC[N]([Gd][CH2]C(=O)O)CC1. The second-order valence-electron chi connectivity index (χ2n) is 7.86. The molecule has 0 amide bonds. The second kappa shape index (κ2) is 19.1. The second-order valence-corrected chi connectivity index (χ2v) is 16.7. The van der Waals surface area contributed by atoms with E-state index in [0.29, 0.717) is 58.9 Å². The van der Waals surface area contributed by atoms with Gasteiger partial charge < -0.3 is 0 Å². The van der Waals surface area contributed by atoms with Gasteiger partial charge in [0.25, 0.3) is 0 Å². The fraction of sp³-hybridized carbons (Fsp3) is 0.545. The minimum absolute atomic E-state index is 0.155. The Morgan fingerprint density at radius 3 is 1.43 bits per heavy atom. The van der Waals surface area contributed by atoms with Crippen molar-refractivity contribution >= 4 is 23.9 Å². The Bertz CT molecular complexity index is 892. The van der Waals surface area contributed by atoms with E-state index in [0.717, 1.165) is 5.56 Å². The van der Waals surface area contributed by atoms with Crippen LogP contribution in [0, 0.1) is 109 Å². The van der Waals surface area contributed by atoms with Crippen molar-refractivity contribution in [3.8, 4) is 0 Å². The van der Waals surface area contributed by atoms with Gasteiger partial charge in [-0.15, -0.1) is 0 Å². The summed E-state index contributed by atoms with van der Waals surface area (Å²) >= 11 is -3.06. The first-order valence-electron chi connectivity index (χ1n) is 11.3. The molecule has 0 atom stereocenters. The molecular weight excluding hydrogens is 920 g/mol. The molecule has 1 saturated heterocycles. The molecule has 1 aliphatic heterocycles. The molecule has 0 spiro atoms. The van der Waals surface area contributed by atoms with Crippen LogP contribution in [0.5, 0.6) is 0 Å². The zero-order chi connectivity index (χ0) is 27.2. The summed E-state index contributed by atoms with van der Waals surface area (Å²) in [4.78, 5) is 47.3. The molecule has 0 aliphatic carbocycles. The fourth-order valence-electron chi connectivity index (χ4n) is 3.30. The summed E-state index contributed by atoms with van der Waals surface area (Å²) in [7, 11) is 0. The van der Waals surface area contributed by atoms with Crippen LogP contribution in [0.3, 0.4) is 0 Å². The zero-order valence-electron chi connectivity index (χ0n) is 20.1. The minimum atomic E-state index is -1.02. The van der Waals surface area contributed by atoms with Gasteiger partial charge in [0.05, 0.1) is 0 Å². The standard InChI is InChI=1S/C16H23N4O2.3C2H3O2.3Gd/c21-16(22)15-3-1-2-14(12-15)13-20-10-8-18-6-4-17-5-7-19-9-11-20;3*1-2(3)4;;;/h1-3,12H,4-11,13H2,(H,21,22);3*1H2,(H,3,4);;;/q-3;;;;3*+1. The fourth-order valence-corrected chi connectivity index (χ4v) is 9.26. The molecule has 0 radical (unpaired) electrons. The van der Waals surface area contributed by atoms with E-state index < -0.39 is 133 Å². The first kappa shape index (κ1) is 34.1. The molecule has 37 heavy (non-hydrogen) atoms. The molecule has 1 aromatic rings. The Kier molecular flexibility index (Phi) is 17.6. The number of carboxylic acid groups (broad SMARTS) is 4. The van der Waals surface area contributed by atoms with Crippen LogP contribution < -0.4 is 0 Å². The van der Waals surface area contributed by atoms with E-state index in [1.165, 1.54) is 0 Å². The molecule has 212 valence electrons. The number of aliphatic carboxylic acids is 3. The van der Waals surface area contributed by atoms with Crippen molar-refractivity contribution in [1.82, 2.24) is 8.20 Å². The summed E-state index contributed by atoms with van der Waals surface area (Å²) in [5.74, 6) is -3.41.